The standard InChI is InChI=1S/C4H10OSi.C3H10OSi/c1-4-6(2,3)5;1-5(2,3)4/h4-5H,1H2,2-3H3;4H,1-3H3. The minimum absolute atomic E-state index is 1.61. The molecular weight excluding hydrogens is 172 g/mol. The Morgan fingerprint density at radius 3 is 1.09 bits per heavy atom. The Kier molecular flexibility index (Phi) is 6.05. The molecule has 0 aromatic rings. The summed E-state index contributed by atoms with van der Waals surface area (Å²) in [6.07, 6.45) is 0. The fourth-order valence-corrected chi connectivity index (χ4v) is 0. The van der Waals surface area contributed by atoms with Crippen molar-refractivity contribution >= 4 is 16.6 Å². The van der Waals surface area contributed by atoms with Crippen LogP contribution in [0.15, 0.2) is 12.3 Å². The lowest BCUT2D eigenvalue weighted by Gasteiger charge is -2.02. The van der Waals surface area contributed by atoms with E-state index in [9.17, 15) is 0 Å². The van der Waals surface area contributed by atoms with Gasteiger partial charge in [0.1, 0.15) is 0 Å². The Morgan fingerprint density at radius 1 is 1.00 bits per heavy atom. The molecule has 0 aliphatic carbocycles. The molecule has 11 heavy (non-hydrogen) atoms. The summed E-state index contributed by atoms with van der Waals surface area (Å²) in [7, 11) is -3.48. The van der Waals surface area contributed by atoms with Gasteiger partial charge in [-0.2, -0.15) is 0 Å². The predicted octanol–water partition coefficient (Wildman–Crippen LogP) is 1.72. The maximum atomic E-state index is 8.85. The van der Waals surface area contributed by atoms with Crippen LogP contribution in [0.2, 0.25) is 32.7 Å². The molecule has 0 aliphatic rings. The van der Waals surface area contributed by atoms with E-state index in [1.165, 1.54) is 0 Å². The summed E-state index contributed by atoms with van der Waals surface area (Å²) >= 11 is 0. The fourth-order valence-electron chi connectivity index (χ4n) is 0. The third-order valence-electron chi connectivity index (χ3n) is 0.500. The topological polar surface area (TPSA) is 40.5 Å². The van der Waals surface area contributed by atoms with Gasteiger partial charge in [-0.25, -0.2) is 0 Å². The molecule has 0 heterocycles. The molecular formula is C7H20O2Si2. The Hall–Kier alpha value is 0.0938. The average Bonchev–Trinajstić information content (AvgIpc) is 1.59. The molecule has 0 amide bonds. The predicted molar refractivity (Wildman–Crippen MR) is 55.5 cm³/mol. The molecule has 0 aromatic carbocycles. The van der Waals surface area contributed by atoms with Crippen LogP contribution in [0.25, 0.3) is 0 Å². The van der Waals surface area contributed by atoms with Crippen LogP contribution in [0.5, 0.6) is 0 Å². The van der Waals surface area contributed by atoms with E-state index >= 15 is 0 Å². The van der Waals surface area contributed by atoms with Gasteiger partial charge in [0.25, 0.3) is 0 Å². The van der Waals surface area contributed by atoms with Crippen molar-refractivity contribution in [3.63, 3.8) is 0 Å². The van der Waals surface area contributed by atoms with Crippen molar-refractivity contribution < 1.29 is 9.59 Å². The molecule has 0 atom stereocenters. The van der Waals surface area contributed by atoms with Gasteiger partial charge >= 0.3 is 0 Å². The van der Waals surface area contributed by atoms with Gasteiger partial charge in [0, 0.05) is 0 Å². The first-order chi connectivity index (χ1) is 4.56. The Bertz CT molecular complexity index is 105. The molecule has 0 spiro atoms. The molecule has 0 unspecified atom stereocenters. The summed E-state index contributed by atoms with van der Waals surface area (Å²) in [5.74, 6) is 0. The lowest BCUT2D eigenvalue weighted by atomic mass is 11.3. The first kappa shape index (κ1) is 13.7. The van der Waals surface area contributed by atoms with E-state index < -0.39 is 16.6 Å². The summed E-state index contributed by atoms with van der Waals surface area (Å²) in [4.78, 5) is 17.5. The van der Waals surface area contributed by atoms with Crippen LogP contribution >= 0.6 is 0 Å². The van der Waals surface area contributed by atoms with Gasteiger partial charge in [0.05, 0.1) is 0 Å². The third kappa shape index (κ3) is 69.1. The van der Waals surface area contributed by atoms with Crippen LogP contribution < -0.4 is 0 Å². The number of hydrogen-bond donors (Lipinski definition) is 2. The minimum atomic E-state index is -1.87. The SMILES string of the molecule is C=C[Si](C)(C)O.C[Si](C)(C)O. The maximum absolute atomic E-state index is 8.85. The second-order valence-corrected chi connectivity index (χ2v) is 12.1. The van der Waals surface area contributed by atoms with Crippen molar-refractivity contribution in [3.05, 3.63) is 12.3 Å². The van der Waals surface area contributed by atoms with E-state index in [4.69, 9.17) is 9.59 Å². The molecule has 0 radical (unpaired) electrons. The van der Waals surface area contributed by atoms with Crippen LogP contribution in [-0.2, 0) is 0 Å². The Morgan fingerprint density at radius 2 is 1.09 bits per heavy atom. The zero-order valence-electron chi connectivity index (χ0n) is 8.18. The minimum Gasteiger partial charge on any atom is -0.433 e. The molecule has 68 valence electrons. The van der Waals surface area contributed by atoms with Crippen LogP contribution in [0.4, 0.5) is 0 Å². The molecule has 0 aromatic heterocycles. The average molecular weight is 192 g/mol. The van der Waals surface area contributed by atoms with Gasteiger partial charge in [0.15, 0.2) is 8.32 Å². The lowest BCUT2D eigenvalue weighted by molar-refractivity contribution is 0.560. The monoisotopic (exact) mass is 192 g/mol. The van der Waals surface area contributed by atoms with E-state index in [1.54, 1.807) is 5.70 Å². The summed E-state index contributed by atoms with van der Waals surface area (Å²) in [6.45, 7) is 12.7. The zero-order valence-corrected chi connectivity index (χ0v) is 10.2. The van der Waals surface area contributed by atoms with E-state index in [0.717, 1.165) is 0 Å². The number of rotatable bonds is 1. The summed E-state index contributed by atoms with van der Waals surface area (Å²) in [5, 5.41) is 0. The largest absolute Gasteiger partial charge is 0.433 e. The molecule has 0 aliphatic heterocycles. The normalized spacial score (nSPS) is 11.5. The van der Waals surface area contributed by atoms with Crippen LogP contribution in [0, 0.1) is 0 Å². The van der Waals surface area contributed by atoms with Crippen molar-refractivity contribution in [2.45, 2.75) is 32.7 Å². The Balaban J connectivity index is 0. The van der Waals surface area contributed by atoms with Crippen molar-refractivity contribution in [1.82, 2.24) is 0 Å². The van der Waals surface area contributed by atoms with Crippen molar-refractivity contribution in [2.24, 2.45) is 0 Å². The smallest absolute Gasteiger partial charge is 0.206 e. The van der Waals surface area contributed by atoms with Crippen LogP contribution in [0.1, 0.15) is 0 Å². The van der Waals surface area contributed by atoms with E-state index in [0.29, 0.717) is 0 Å². The quantitative estimate of drug-likeness (QED) is 0.621. The summed E-state index contributed by atoms with van der Waals surface area (Å²) in [5.41, 5.74) is 1.63. The second-order valence-electron chi connectivity index (χ2n) is 4.03. The Labute approximate surface area is 71.8 Å². The zero-order chi connectivity index (χ0) is 9.71. The molecule has 0 bridgehead atoms. The van der Waals surface area contributed by atoms with E-state index in [2.05, 4.69) is 6.58 Å². The van der Waals surface area contributed by atoms with E-state index in [-0.39, 0.29) is 0 Å². The summed E-state index contributed by atoms with van der Waals surface area (Å²) in [6, 6.07) is 0. The second kappa shape index (κ2) is 4.87. The summed E-state index contributed by atoms with van der Waals surface area (Å²) < 4.78 is 0. The molecule has 0 saturated carbocycles. The van der Waals surface area contributed by atoms with Gasteiger partial charge in [0.2, 0.25) is 8.32 Å². The lowest BCUT2D eigenvalue weighted by Crippen LogP contribution is -2.20. The fraction of sp³-hybridized carbons (Fsp3) is 0.714. The van der Waals surface area contributed by atoms with E-state index in [1.807, 2.05) is 32.7 Å². The first-order valence-electron chi connectivity index (χ1n) is 3.64. The number of hydrogen-bond acceptors (Lipinski definition) is 2. The third-order valence-corrected chi connectivity index (χ3v) is 1.50. The molecule has 0 fully saturated rings. The molecule has 2 nitrogen and oxygen atoms in total. The van der Waals surface area contributed by atoms with Gasteiger partial charge in [-0.15, -0.1) is 6.58 Å². The maximum Gasteiger partial charge on any atom is 0.206 e. The van der Waals surface area contributed by atoms with Gasteiger partial charge in [-0.05, 0) is 32.7 Å². The molecule has 4 heteroatoms. The highest BCUT2D eigenvalue weighted by atomic mass is 28.4. The molecule has 2 N–H and O–H groups in total. The highest BCUT2D eigenvalue weighted by Crippen LogP contribution is 1.92. The van der Waals surface area contributed by atoms with Crippen LogP contribution in [-0.4, -0.2) is 26.2 Å². The van der Waals surface area contributed by atoms with Crippen molar-refractivity contribution in [1.29, 1.82) is 0 Å². The molecule has 0 saturated heterocycles. The highest BCUT2D eigenvalue weighted by Gasteiger charge is 2.07. The first-order valence-corrected chi connectivity index (χ1v) is 10.1. The van der Waals surface area contributed by atoms with Crippen molar-refractivity contribution in [2.75, 3.05) is 0 Å². The van der Waals surface area contributed by atoms with Crippen LogP contribution in [0.3, 0.4) is 0 Å². The van der Waals surface area contributed by atoms with Crippen molar-refractivity contribution in [3.8, 4) is 0 Å². The highest BCUT2D eigenvalue weighted by molar-refractivity contribution is 6.74. The van der Waals surface area contributed by atoms with Gasteiger partial charge in [-0.3, -0.25) is 0 Å². The molecule has 0 rings (SSSR count). The van der Waals surface area contributed by atoms with Gasteiger partial charge < -0.3 is 9.59 Å². The van der Waals surface area contributed by atoms with Gasteiger partial charge in [-0.1, -0.05) is 5.70 Å².